The molecule has 1 unspecified atom stereocenters. The Kier molecular flexibility index (Phi) is 6.11. The van der Waals surface area contributed by atoms with Crippen molar-refractivity contribution in [2.45, 2.75) is 6.04 Å². The average Bonchev–Trinajstić information content (AvgIpc) is 3.23. The molecular formula is C18H17Cl2N5S. The molecule has 1 aromatic heterocycles. The number of hydrogen-bond acceptors (Lipinski definition) is 3. The fraction of sp³-hybridized carbons (Fsp3) is 0.111. The third kappa shape index (κ3) is 3.99. The van der Waals surface area contributed by atoms with Crippen LogP contribution in [0.25, 0.3) is 11.1 Å². The molecule has 0 radical (unpaired) electrons. The van der Waals surface area contributed by atoms with Crippen LogP contribution in [-0.2, 0) is 0 Å². The highest BCUT2D eigenvalue weighted by atomic mass is 35.5. The van der Waals surface area contributed by atoms with E-state index >= 15 is 0 Å². The Hall–Kier alpha value is -2.12. The summed E-state index contributed by atoms with van der Waals surface area (Å²) in [6.45, 7) is 0.303. The number of halogens is 2. The average molecular weight is 406 g/mol. The van der Waals surface area contributed by atoms with E-state index in [0.717, 1.165) is 16.7 Å². The number of nitrogens with two attached hydrogens (primary N) is 1. The van der Waals surface area contributed by atoms with Gasteiger partial charge in [-0.05, 0) is 35.5 Å². The summed E-state index contributed by atoms with van der Waals surface area (Å²) >= 11 is 18.3. The molecule has 0 aliphatic heterocycles. The zero-order chi connectivity index (χ0) is 18.5. The molecule has 8 heteroatoms. The summed E-state index contributed by atoms with van der Waals surface area (Å²) in [5, 5.41) is 6.99. The van der Waals surface area contributed by atoms with Crippen LogP contribution in [0.1, 0.15) is 11.6 Å². The Morgan fingerprint density at radius 1 is 1.08 bits per heavy atom. The van der Waals surface area contributed by atoms with Crippen LogP contribution in [0.5, 0.6) is 0 Å². The maximum absolute atomic E-state index is 6.46. The molecule has 2 aromatic carbocycles. The molecule has 26 heavy (non-hydrogen) atoms. The molecule has 134 valence electrons. The van der Waals surface area contributed by atoms with Crippen LogP contribution in [0, 0.1) is 0 Å². The number of hydrogen-bond donors (Lipinski definition) is 2. The topological polar surface area (TPSA) is 61.2 Å². The van der Waals surface area contributed by atoms with Gasteiger partial charge in [0.25, 0.3) is 0 Å². The molecule has 1 heterocycles. The Labute approximate surface area is 167 Å². The standard InChI is InChI=1S/C18H17Cl2N5S/c19-24(16-8-6-13(7-9-16)15-11-22-23-12-15)18(26)25(20)17(10-21)14-4-2-1-3-5-14/h1-9,11-12,17H,10,21H2,(H,22,23). The van der Waals surface area contributed by atoms with Crippen molar-refractivity contribution in [1.82, 2.24) is 14.6 Å². The summed E-state index contributed by atoms with van der Waals surface area (Å²) < 4.78 is 2.73. The second-order valence-electron chi connectivity index (χ2n) is 5.57. The van der Waals surface area contributed by atoms with E-state index in [-0.39, 0.29) is 11.2 Å². The highest BCUT2D eigenvalue weighted by Crippen LogP contribution is 2.28. The molecule has 1 atom stereocenters. The lowest BCUT2D eigenvalue weighted by atomic mass is 10.1. The van der Waals surface area contributed by atoms with Crippen molar-refractivity contribution >= 4 is 46.6 Å². The molecule has 0 aliphatic rings. The molecule has 0 amide bonds. The molecule has 0 saturated carbocycles. The second-order valence-corrected chi connectivity index (χ2v) is 6.64. The minimum atomic E-state index is -0.281. The van der Waals surface area contributed by atoms with Gasteiger partial charge in [0.15, 0.2) is 0 Å². The molecule has 0 aliphatic carbocycles. The zero-order valence-corrected chi connectivity index (χ0v) is 16.0. The van der Waals surface area contributed by atoms with Crippen molar-refractivity contribution in [3.63, 3.8) is 0 Å². The van der Waals surface area contributed by atoms with E-state index in [1.807, 2.05) is 60.8 Å². The van der Waals surface area contributed by atoms with E-state index in [4.69, 9.17) is 41.5 Å². The summed E-state index contributed by atoms with van der Waals surface area (Å²) in [6, 6.07) is 17.0. The molecule has 0 saturated heterocycles. The van der Waals surface area contributed by atoms with Crippen LogP contribution in [0.2, 0.25) is 0 Å². The Morgan fingerprint density at radius 2 is 1.77 bits per heavy atom. The van der Waals surface area contributed by atoms with Gasteiger partial charge in [-0.2, -0.15) is 5.10 Å². The normalized spacial score (nSPS) is 11.8. The van der Waals surface area contributed by atoms with E-state index < -0.39 is 0 Å². The quantitative estimate of drug-likeness (QED) is 0.483. The van der Waals surface area contributed by atoms with Gasteiger partial charge in [0.1, 0.15) is 0 Å². The van der Waals surface area contributed by atoms with Crippen molar-refractivity contribution in [2.75, 3.05) is 11.0 Å². The predicted molar refractivity (Wildman–Crippen MR) is 111 cm³/mol. The summed E-state index contributed by atoms with van der Waals surface area (Å²) in [6.07, 6.45) is 3.58. The monoisotopic (exact) mass is 405 g/mol. The minimum absolute atomic E-state index is 0.253. The smallest absolute Gasteiger partial charge is 0.206 e. The molecule has 0 fully saturated rings. The number of H-pyrrole nitrogens is 1. The molecule has 0 bridgehead atoms. The van der Waals surface area contributed by atoms with E-state index in [1.165, 1.54) is 8.84 Å². The zero-order valence-electron chi connectivity index (χ0n) is 13.7. The van der Waals surface area contributed by atoms with Crippen LogP contribution in [-0.4, -0.2) is 26.3 Å². The van der Waals surface area contributed by atoms with Gasteiger partial charge in [-0.25, -0.2) is 4.42 Å². The summed E-state index contributed by atoms with van der Waals surface area (Å²) in [7, 11) is 0. The summed E-state index contributed by atoms with van der Waals surface area (Å²) in [5.74, 6) is 0. The Balaban J connectivity index is 1.76. The first-order valence-electron chi connectivity index (χ1n) is 7.91. The van der Waals surface area contributed by atoms with Crippen LogP contribution >= 0.6 is 35.8 Å². The molecular weight excluding hydrogens is 389 g/mol. The van der Waals surface area contributed by atoms with Crippen LogP contribution in [0.15, 0.2) is 67.0 Å². The maximum atomic E-state index is 6.46. The van der Waals surface area contributed by atoms with E-state index in [0.29, 0.717) is 12.2 Å². The molecule has 3 aromatic rings. The second kappa shape index (κ2) is 8.51. The SMILES string of the molecule is NCC(c1ccccc1)N(Cl)C(=S)N(Cl)c1ccc(-c2cn[nH]c2)cc1. The van der Waals surface area contributed by atoms with E-state index in [2.05, 4.69) is 10.2 Å². The first-order valence-corrected chi connectivity index (χ1v) is 8.99. The molecule has 3 N–H and O–H groups in total. The van der Waals surface area contributed by atoms with Crippen LogP contribution in [0.3, 0.4) is 0 Å². The van der Waals surface area contributed by atoms with Gasteiger partial charge >= 0.3 is 0 Å². The molecule has 5 nitrogen and oxygen atoms in total. The van der Waals surface area contributed by atoms with Gasteiger partial charge in [0.2, 0.25) is 5.11 Å². The highest BCUT2D eigenvalue weighted by Gasteiger charge is 2.24. The first kappa shape index (κ1) is 18.7. The summed E-state index contributed by atoms with van der Waals surface area (Å²) in [5.41, 5.74) is 9.58. The minimum Gasteiger partial charge on any atom is -0.328 e. The van der Waals surface area contributed by atoms with Gasteiger partial charge in [-0.3, -0.25) is 9.52 Å². The molecule has 0 spiro atoms. The Morgan fingerprint density at radius 3 is 2.35 bits per heavy atom. The maximum Gasteiger partial charge on any atom is 0.206 e. The third-order valence-electron chi connectivity index (χ3n) is 3.96. The number of rotatable bonds is 5. The number of nitrogens with one attached hydrogen (secondary N) is 1. The molecule has 3 rings (SSSR count). The van der Waals surface area contributed by atoms with Gasteiger partial charge in [-0.15, -0.1) is 0 Å². The number of anilines is 1. The summed E-state index contributed by atoms with van der Waals surface area (Å²) in [4.78, 5) is 0. The van der Waals surface area contributed by atoms with Gasteiger partial charge < -0.3 is 5.73 Å². The van der Waals surface area contributed by atoms with E-state index in [1.54, 1.807) is 6.20 Å². The predicted octanol–water partition coefficient (Wildman–Crippen LogP) is 4.48. The Bertz CT molecular complexity index is 840. The van der Waals surface area contributed by atoms with Crippen molar-refractivity contribution in [1.29, 1.82) is 0 Å². The lowest BCUT2D eigenvalue weighted by Crippen LogP contribution is -2.37. The van der Waals surface area contributed by atoms with Crippen LogP contribution in [0.4, 0.5) is 5.69 Å². The van der Waals surface area contributed by atoms with Gasteiger partial charge in [-0.1, -0.05) is 42.5 Å². The van der Waals surface area contributed by atoms with Crippen molar-refractivity contribution < 1.29 is 0 Å². The highest BCUT2D eigenvalue weighted by molar-refractivity contribution is 7.80. The van der Waals surface area contributed by atoms with E-state index in [9.17, 15) is 0 Å². The third-order valence-corrected chi connectivity index (χ3v) is 5.29. The van der Waals surface area contributed by atoms with Crippen molar-refractivity contribution in [3.8, 4) is 11.1 Å². The first-order chi connectivity index (χ1) is 12.6. The van der Waals surface area contributed by atoms with Crippen molar-refractivity contribution in [3.05, 3.63) is 72.6 Å². The largest absolute Gasteiger partial charge is 0.328 e. The number of aromatic amines is 1. The fourth-order valence-corrected chi connectivity index (χ4v) is 3.29. The van der Waals surface area contributed by atoms with Crippen LogP contribution < -0.4 is 10.2 Å². The number of thiocarbonyl (C=S) groups is 1. The lowest BCUT2D eigenvalue weighted by Gasteiger charge is -2.30. The lowest BCUT2D eigenvalue weighted by molar-refractivity contribution is 0.491. The number of aromatic nitrogens is 2. The van der Waals surface area contributed by atoms with Crippen molar-refractivity contribution in [2.24, 2.45) is 5.73 Å². The van der Waals surface area contributed by atoms with Gasteiger partial charge in [0.05, 0.1) is 17.9 Å². The number of benzene rings is 2. The van der Waals surface area contributed by atoms with Gasteiger partial charge in [0, 0.05) is 41.9 Å². The fourth-order valence-electron chi connectivity index (χ4n) is 2.56. The number of nitrogens with zero attached hydrogens (tertiary/aromatic N) is 3.